The van der Waals surface area contributed by atoms with E-state index in [0.29, 0.717) is 12.3 Å². The summed E-state index contributed by atoms with van der Waals surface area (Å²) in [6.07, 6.45) is 5.54. The van der Waals surface area contributed by atoms with Gasteiger partial charge < -0.3 is 4.74 Å². The van der Waals surface area contributed by atoms with E-state index in [1.165, 1.54) is 16.8 Å². The molecule has 124 valence electrons. The van der Waals surface area contributed by atoms with Crippen molar-refractivity contribution in [3.8, 4) is 5.69 Å². The van der Waals surface area contributed by atoms with Crippen LogP contribution in [0.25, 0.3) is 5.69 Å². The summed E-state index contributed by atoms with van der Waals surface area (Å²) in [6.45, 7) is 0.582. The smallest absolute Gasteiger partial charge is 0.235 e. The number of rotatable bonds is 5. The Balaban J connectivity index is 1.82. The minimum Gasteiger partial charge on any atom is -0.377 e. The summed E-state index contributed by atoms with van der Waals surface area (Å²) in [5, 5.41) is 4.06. The third kappa shape index (κ3) is 4.08. The summed E-state index contributed by atoms with van der Waals surface area (Å²) in [7, 11) is -3.65. The Hall–Kier alpha value is -1.93. The molecule has 1 fully saturated rings. The molecule has 0 amide bonds. The van der Waals surface area contributed by atoms with Gasteiger partial charge in [-0.3, -0.25) is 4.72 Å². The lowest BCUT2D eigenvalue weighted by atomic mass is 10.1. The second kappa shape index (κ2) is 6.67. The van der Waals surface area contributed by atoms with Crippen LogP contribution in [0.5, 0.6) is 0 Å². The van der Waals surface area contributed by atoms with Gasteiger partial charge in [0.25, 0.3) is 0 Å². The molecule has 0 radical (unpaired) electrons. The van der Waals surface area contributed by atoms with E-state index in [-0.39, 0.29) is 17.5 Å². The van der Waals surface area contributed by atoms with E-state index in [1.807, 2.05) is 0 Å². The predicted octanol–water partition coefficient (Wildman–Crippen LogP) is 2.32. The second-order valence-electron chi connectivity index (χ2n) is 5.48. The van der Waals surface area contributed by atoms with E-state index in [2.05, 4.69) is 9.82 Å². The first-order valence-corrected chi connectivity index (χ1v) is 9.10. The molecule has 2 aromatic rings. The van der Waals surface area contributed by atoms with Gasteiger partial charge in [0, 0.05) is 25.1 Å². The molecule has 8 heteroatoms. The number of ether oxygens (including phenoxy) is 1. The maximum atomic E-state index is 13.5. The minimum absolute atomic E-state index is 0.137. The van der Waals surface area contributed by atoms with E-state index in [0.717, 1.165) is 25.3 Å². The average Bonchev–Trinajstić information content (AvgIpc) is 3.01. The zero-order chi connectivity index (χ0) is 16.3. The number of nitrogens with zero attached hydrogens (tertiary/aromatic N) is 2. The number of hydrogen-bond donors (Lipinski definition) is 1. The summed E-state index contributed by atoms with van der Waals surface area (Å²) >= 11 is 0. The first kappa shape index (κ1) is 15.9. The van der Waals surface area contributed by atoms with E-state index < -0.39 is 15.8 Å². The Bertz CT molecular complexity index is 756. The molecule has 1 aliphatic rings. The highest BCUT2D eigenvalue weighted by atomic mass is 32.2. The van der Waals surface area contributed by atoms with Crippen LogP contribution in [0, 0.1) is 5.82 Å². The van der Waals surface area contributed by atoms with Crippen molar-refractivity contribution in [2.45, 2.75) is 25.4 Å². The Kier molecular flexibility index (Phi) is 4.63. The lowest BCUT2D eigenvalue weighted by Gasteiger charge is -2.23. The van der Waals surface area contributed by atoms with Crippen LogP contribution in [0.4, 0.5) is 10.1 Å². The Labute approximate surface area is 134 Å². The van der Waals surface area contributed by atoms with Crippen molar-refractivity contribution < 1.29 is 17.5 Å². The summed E-state index contributed by atoms with van der Waals surface area (Å²) in [4.78, 5) is 0. The van der Waals surface area contributed by atoms with Crippen molar-refractivity contribution in [1.29, 1.82) is 0 Å². The van der Waals surface area contributed by atoms with Gasteiger partial charge in [-0.1, -0.05) is 0 Å². The molecule has 1 aromatic carbocycles. The number of nitrogens with one attached hydrogen (secondary N) is 1. The summed E-state index contributed by atoms with van der Waals surface area (Å²) in [5.41, 5.74) is 0.619. The maximum absolute atomic E-state index is 13.5. The highest BCUT2D eigenvalue weighted by Gasteiger charge is 2.23. The van der Waals surface area contributed by atoms with Crippen LogP contribution in [0.15, 0.2) is 36.7 Å². The molecule has 1 aromatic heterocycles. The SMILES string of the molecule is O=S(=O)(C[C@H]1CCCCO1)Nc1cc(F)ccc1-n1cccn1. The molecule has 1 saturated heterocycles. The van der Waals surface area contributed by atoms with E-state index in [4.69, 9.17) is 4.74 Å². The molecule has 0 aliphatic carbocycles. The quantitative estimate of drug-likeness (QED) is 0.907. The van der Waals surface area contributed by atoms with E-state index in [9.17, 15) is 12.8 Å². The molecule has 0 unspecified atom stereocenters. The standard InChI is InChI=1S/C15H18FN3O3S/c16-12-5-6-15(19-8-3-7-17-19)14(10-12)18-23(20,21)11-13-4-1-2-9-22-13/h3,5-8,10,13,18H,1-2,4,9,11H2/t13-/m1/s1. The molecule has 0 spiro atoms. The first-order chi connectivity index (χ1) is 11.0. The fourth-order valence-corrected chi connectivity index (χ4v) is 3.93. The largest absolute Gasteiger partial charge is 0.377 e. The maximum Gasteiger partial charge on any atom is 0.235 e. The van der Waals surface area contributed by atoms with Crippen molar-refractivity contribution >= 4 is 15.7 Å². The Morgan fingerprint density at radius 1 is 1.39 bits per heavy atom. The van der Waals surface area contributed by atoms with Crippen LogP contribution in [0.2, 0.25) is 0 Å². The van der Waals surface area contributed by atoms with Crippen LogP contribution < -0.4 is 4.72 Å². The van der Waals surface area contributed by atoms with Crippen LogP contribution in [0.1, 0.15) is 19.3 Å². The summed E-state index contributed by atoms with van der Waals surface area (Å²) < 4.78 is 47.7. The Morgan fingerprint density at radius 2 is 2.26 bits per heavy atom. The number of anilines is 1. The number of benzene rings is 1. The molecule has 23 heavy (non-hydrogen) atoms. The molecular formula is C15H18FN3O3S. The van der Waals surface area contributed by atoms with E-state index >= 15 is 0 Å². The fraction of sp³-hybridized carbons (Fsp3) is 0.400. The monoisotopic (exact) mass is 339 g/mol. The predicted molar refractivity (Wildman–Crippen MR) is 84.5 cm³/mol. The van der Waals surface area contributed by atoms with Gasteiger partial charge in [-0.05, 0) is 37.5 Å². The molecular weight excluding hydrogens is 321 g/mol. The third-order valence-electron chi connectivity index (χ3n) is 3.65. The number of hydrogen-bond acceptors (Lipinski definition) is 4. The minimum atomic E-state index is -3.65. The van der Waals surface area contributed by atoms with E-state index in [1.54, 1.807) is 18.5 Å². The van der Waals surface area contributed by atoms with Crippen molar-refractivity contribution in [3.63, 3.8) is 0 Å². The first-order valence-electron chi connectivity index (χ1n) is 7.45. The van der Waals surface area contributed by atoms with Crippen LogP contribution >= 0.6 is 0 Å². The third-order valence-corrected chi connectivity index (χ3v) is 5.00. The van der Waals surface area contributed by atoms with Crippen LogP contribution in [-0.4, -0.2) is 36.7 Å². The molecule has 6 nitrogen and oxygen atoms in total. The molecule has 0 saturated carbocycles. The van der Waals surface area contributed by atoms with Gasteiger partial charge in [0.2, 0.25) is 10.0 Å². The van der Waals surface area contributed by atoms with Gasteiger partial charge in [0.05, 0.1) is 23.2 Å². The topological polar surface area (TPSA) is 73.2 Å². The van der Waals surface area contributed by atoms with Crippen molar-refractivity contribution in [1.82, 2.24) is 9.78 Å². The number of sulfonamides is 1. The van der Waals surface area contributed by atoms with Crippen molar-refractivity contribution in [3.05, 3.63) is 42.5 Å². The van der Waals surface area contributed by atoms with Gasteiger partial charge in [-0.2, -0.15) is 5.10 Å². The second-order valence-corrected chi connectivity index (χ2v) is 7.25. The van der Waals surface area contributed by atoms with Crippen molar-refractivity contribution in [2.75, 3.05) is 17.1 Å². The van der Waals surface area contributed by atoms with Gasteiger partial charge in [0.15, 0.2) is 0 Å². The van der Waals surface area contributed by atoms with Gasteiger partial charge >= 0.3 is 0 Å². The van der Waals surface area contributed by atoms with Gasteiger partial charge in [-0.25, -0.2) is 17.5 Å². The zero-order valence-corrected chi connectivity index (χ0v) is 13.3. The number of aromatic nitrogens is 2. The van der Waals surface area contributed by atoms with Crippen LogP contribution in [-0.2, 0) is 14.8 Å². The molecule has 1 atom stereocenters. The Morgan fingerprint density at radius 3 is 2.96 bits per heavy atom. The van der Waals surface area contributed by atoms with Gasteiger partial charge in [0.1, 0.15) is 5.82 Å². The molecule has 1 N–H and O–H groups in total. The summed E-state index contributed by atoms with van der Waals surface area (Å²) in [6, 6.07) is 5.60. The highest BCUT2D eigenvalue weighted by Crippen LogP contribution is 2.23. The van der Waals surface area contributed by atoms with Gasteiger partial charge in [-0.15, -0.1) is 0 Å². The summed E-state index contributed by atoms with van der Waals surface area (Å²) in [5.74, 6) is -0.658. The molecule has 1 aliphatic heterocycles. The molecule has 0 bridgehead atoms. The number of halogens is 1. The molecule has 3 rings (SSSR count). The lowest BCUT2D eigenvalue weighted by Crippen LogP contribution is -2.31. The van der Waals surface area contributed by atoms with Crippen molar-refractivity contribution in [2.24, 2.45) is 0 Å². The average molecular weight is 339 g/mol. The van der Waals surface area contributed by atoms with Crippen LogP contribution in [0.3, 0.4) is 0 Å². The normalized spacial score (nSPS) is 18.7. The molecule has 2 heterocycles. The fourth-order valence-electron chi connectivity index (χ4n) is 2.59. The highest BCUT2D eigenvalue weighted by molar-refractivity contribution is 7.92. The lowest BCUT2D eigenvalue weighted by molar-refractivity contribution is 0.0306. The zero-order valence-electron chi connectivity index (χ0n) is 12.5.